The fourth-order valence-electron chi connectivity index (χ4n) is 2.30. The van der Waals surface area contributed by atoms with Crippen molar-refractivity contribution in [3.8, 4) is 11.5 Å². The number of methoxy groups -OCH3 is 2. The summed E-state index contributed by atoms with van der Waals surface area (Å²) >= 11 is 6.11. The second-order valence-corrected chi connectivity index (χ2v) is 5.96. The summed E-state index contributed by atoms with van der Waals surface area (Å²) in [5.74, 6) is -0.350. The van der Waals surface area contributed by atoms with E-state index in [1.165, 1.54) is 20.3 Å². The molecule has 0 bridgehead atoms. The molecule has 0 aliphatic rings. The molecule has 8 nitrogen and oxygen atoms in total. The number of aryl methyl sites for hydroxylation is 1. The number of benzene rings is 2. The lowest BCUT2D eigenvalue weighted by Gasteiger charge is -2.13. The third-order valence-corrected chi connectivity index (χ3v) is 3.95. The maximum absolute atomic E-state index is 12.6. The summed E-state index contributed by atoms with van der Waals surface area (Å²) < 4.78 is 15.5. The topological polar surface area (TPSA) is 99.9 Å². The number of carbonyl (C=O) groups is 1. The first-order valence-electron chi connectivity index (χ1n) is 7.93. The lowest BCUT2D eigenvalue weighted by atomic mass is 10.1. The number of nitrogens with one attached hydrogen (secondary N) is 1. The minimum Gasteiger partial charge on any atom is -0.493 e. The number of hydrogen-bond donors (Lipinski definition) is 1. The molecule has 0 saturated carbocycles. The van der Waals surface area contributed by atoms with Gasteiger partial charge in [0, 0.05) is 13.2 Å². The van der Waals surface area contributed by atoms with Crippen molar-refractivity contribution in [3.05, 3.63) is 56.6 Å². The number of hydrogen-bond acceptors (Lipinski definition) is 6. The summed E-state index contributed by atoms with van der Waals surface area (Å²) in [6.45, 7) is 2.33. The molecule has 2 rings (SSSR count). The first-order chi connectivity index (χ1) is 12.9. The van der Waals surface area contributed by atoms with Crippen LogP contribution in [0.25, 0.3) is 0 Å². The Morgan fingerprint density at radius 1 is 1.19 bits per heavy atom. The van der Waals surface area contributed by atoms with Gasteiger partial charge in [-0.2, -0.15) is 0 Å². The van der Waals surface area contributed by atoms with Crippen molar-refractivity contribution in [2.24, 2.45) is 0 Å². The molecule has 0 aliphatic carbocycles. The number of rotatable bonds is 8. The fraction of sp³-hybridized carbons (Fsp3) is 0.278. The van der Waals surface area contributed by atoms with Gasteiger partial charge in [-0.25, -0.2) is 0 Å². The lowest BCUT2D eigenvalue weighted by Crippen LogP contribution is -2.15. The third kappa shape index (κ3) is 5.08. The number of carbonyl (C=O) groups excluding carboxylic acids is 1. The van der Waals surface area contributed by atoms with Gasteiger partial charge in [-0.3, -0.25) is 14.9 Å². The largest absolute Gasteiger partial charge is 0.493 e. The summed E-state index contributed by atoms with van der Waals surface area (Å²) in [6.07, 6.45) is 0. The van der Waals surface area contributed by atoms with E-state index in [1.54, 1.807) is 18.2 Å². The molecule has 0 heterocycles. The minimum absolute atomic E-state index is 0.145. The predicted molar refractivity (Wildman–Crippen MR) is 101 cm³/mol. The fourth-order valence-corrected chi connectivity index (χ4v) is 2.58. The van der Waals surface area contributed by atoms with Crippen LogP contribution < -0.4 is 14.8 Å². The summed E-state index contributed by atoms with van der Waals surface area (Å²) in [6, 6.07) is 7.49. The monoisotopic (exact) mass is 394 g/mol. The molecule has 0 unspecified atom stereocenters. The Morgan fingerprint density at radius 3 is 2.52 bits per heavy atom. The van der Waals surface area contributed by atoms with Gasteiger partial charge < -0.3 is 19.5 Å². The van der Waals surface area contributed by atoms with Crippen molar-refractivity contribution in [2.45, 2.75) is 6.92 Å². The predicted octanol–water partition coefficient (Wildman–Crippen LogP) is 3.84. The van der Waals surface area contributed by atoms with E-state index >= 15 is 0 Å². The molecule has 144 valence electrons. The highest BCUT2D eigenvalue weighted by Gasteiger charge is 2.25. The normalized spacial score (nSPS) is 10.4. The van der Waals surface area contributed by atoms with Crippen LogP contribution in [0.4, 0.5) is 11.4 Å². The average molecular weight is 395 g/mol. The second-order valence-electron chi connectivity index (χ2n) is 5.56. The Hall–Kier alpha value is -2.84. The van der Waals surface area contributed by atoms with E-state index in [0.29, 0.717) is 17.3 Å². The van der Waals surface area contributed by atoms with Gasteiger partial charge in [0.05, 0.1) is 35.4 Å². The van der Waals surface area contributed by atoms with Crippen molar-refractivity contribution >= 4 is 28.9 Å². The molecule has 0 radical (unpaired) electrons. The number of ether oxygens (including phenoxy) is 3. The summed E-state index contributed by atoms with van der Waals surface area (Å²) in [5.41, 5.74) is 0.681. The van der Waals surface area contributed by atoms with Gasteiger partial charge in [-0.15, -0.1) is 0 Å². The van der Waals surface area contributed by atoms with Crippen molar-refractivity contribution in [1.82, 2.24) is 0 Å². The highest BCUT2D eigenvalue weighted by atomic mass is 35.5. The van der Waals surface area contributed by atoms with Gasteiger partial charge in [0.25, 0.3) is 11.6 Å². The molecule has 2 aromatic rings. The standard InChI is InChI=1S/C18H19ClN2O6/c1-11-4-5-14(13(19)8-11)20-18(22)12-9-16(26-3)17(27-7-6-25-2)10-15(12)21(23)24/h4-5,8-10H,6-7H2,1-3H3,(H,20,22). The van der Waals surface area contributed by atoms with Crippen LogP contribution >= 0.6 is 11.6 Å². The Labute approximate surface area is 161 Å². The molecule has 9 heteroatoms. The maximum atomic E-state index is 12.6. The molecule has 0 atom stereocenters. The molecule has 0 aliphatic heterocycles. The number of nitro groups is 1. The Bertz CT molecular complexity index is 856. The van der Waals surface area contributed by atoms with Crippen LogP contribution in [0.5, 0.6) is 11.5 Å². The number of anilines is 1. The molecule has 1 amide bonds. The first-order valence-corrected chi connectivity index (χ1v) is 8.30. The second kappa shape index (κ2) is 9.20. The van der Waals surface area contributed by atoms with Crippen molar-refractivity contribution in [3.63, 3.8) is 0 Å². The zero-order valence-electron chi connectivity index (χ0n) is 15.1. The van der Waals surface area contributed by atoms with Gasteiger partial charge in [-0.05, 0) is 24.6 Å². The van der Waals surface area contributed by atoms with Gasteiger partial charge in [0.15, 0.2) is 11.5 Å². The number of nitro benzene ring substituents is 1. The van der Waals surface area contributed by atoms with Crippen LogP contribution in [0, 0.1) is 17.0 Å². The molecular formula is C18H19ClN2O6. The molecule has 27 heavy (non-hydrogen) atoms. The zero-order valence-corrected chi connectivity index (χ0v) is 15.8. The molecule has 2 aromatic carbocycles. The first kappa shape index (κ1) is 20.5. The van der Waals surface area contributed by atoms with Gasteiger partial charge >= 0.3 is 0 Å². The smallest absolute Gasteiger partial charge is 0.286 e. The van der Waals surface area contributed by atoms with E-state index in [0.717, 1.165) is 11.6 Å². The third-order valence-electron chi connectivity index (χ3n) is 3.64. The molecule has 0 fully saturated rings. The van der Waals surface area contributed by atoms with E-state index < -0.39 is 16.5 Å². The van der Waals surface area contributed by atoms with Crippen LogP contribution in [0.15, 0.2) is 30.3 Å². The molecule has 1 N–H and O–H groups in total. The van der Waals surface area contributed by atoms with Gasteiger partial charge in [0.2, 0.25) is 0 Å². The van der Waals surface area contributed by atoms with E-state index in [4.69, 9.17) is 25.8 Å². The van der Waals surface area contributed by atoms with E-state index in [1.807, 2.05) is 6.92 Å². The highest BCUT2D eigenvalue weighted by molar-refractivity contribution is 6.34. The molecule has 0 saturated heterocycles. The Kier molecular flexibility index (Phi) is 6.98. The minimum atomic E-state index is -0.686. The van der Waals surface area contributed by atoms with E-state index in [9.17, 15) is 14.9 Å². The van der Waals surface area contributed by atoms with Gasteiger partial charge in [0.1, 0.15) is 12.2 Å². The van der Waals surface area contributed by atoms with Crippen LogP contribution in [-0.4, -0.2) is 38.3 Å². The van der Waals surface area contributed by atoms with E-state index in [2.05, 4.69) is 5.32 Å². The number of nitrogens with zero attached hydrogens (tertiary/aromatic N) is 1. The van der Waals surface area contributed by atoms with Gasteiger partial charge in [-0.1, -0.05) is 17.7 Å². The van der Waals surface area contributed by atoms with Crippen LogP contribution in [0.1, 0.15) is 15.9 Å². The Morgan fingerprint density at radius 2 is 1.93 bits per heavy atom. The summed E-state index contributed by atoms with van der Waals surface area (Å²) in [4.78, 5) is 23.4. The highest BCUT2D eigenvalue weighted by Crippen LogP contribution is 2.35. The average Bonchev–Trinajstić information content (AvgIpc) is 2.63. The van der Waals surface area contributed by atoms with Crippen LogP contribution in [0.2, 0.25) is 5.02 Å². The number of halogens is 1. The zero-order chi connectivity index (χ0) is 20.0. The summed E-state index contributed by atoms with van der Waals surface area (Å²) in [5, 5.41) is 14.4. The molecule has 0 spiro atoms. The van der Waals surface area contributed by atoms with Crippen molar-refractivity contribution in [1.29, 1.82) is 0 Å². The lowest BCUT2D eigenvalue weighted by molar-refractivity contribution is -0.385. The van der Waals surface area contributed by atoms with Crippen molar-refractivity contribution in [2.75, 3.05) is 32.8 Å². The maximum Gasteiger partial charge on any atom is 0.286 e. The number of amides is 1. The summed E-state index contributed by atoms with van der Waals surface area (Å²) in [7, 11) is 2.88. The van der Waals surface area contributed by atoms with Crippen LogP contribution in [0.3, 0.4) is 0 Å². The van der Waals surface area contributed by atoms with Crippen LogP contribution in [-0.2, 0) is 4.74 Å². The van der Waals surface area contributed by atoms with Crippen molar-refractivity contribution < 1.29 is 23.9 Å². The molecular weight excluding hydrogens is 376 g/mol. The van der Waals surface area contributed by atoms with E-state index in [-0.39, 0.29) is 23.7 Å². The SMILES string of the molecule is COCCOc1cc([N+](=O)[O-])c(C(=O)Nc2ccc(C)cc2Cl)cc1OC. The Balaban J connectivity index is 2.38. The quantitative estimate of drug-likeness (QED) is 0.414. The molecule has 0 aromatic heterocycles.